The molecule has 1 aromatic carbocycles. The van der Waals surface area contributed by atoms with Crippen LogP contribution in [0.4, 0.5) is 5.69 Å². The molecule has 0 saturated heterocycles. The summed E-state index contributed by atoms with van der Waals surface area (Å²) in [6.45, 7) is 0. The van der Waals surface area contributed by atoms with E-state index in [2.05, 4.69) is 41.2 Å². The van der Waals surface area contributed by atoms with E-state index in [1.807, 2.05) is 6.07 Å². The van der Waals surface area contributed by atoms with Crippen LogP contribution < -0.4 is 4.90 Å². The highest BCUT2D eigenvalue weighted by Crippen LogP contribution is 2.31. The number of anilines is 1. The molecule has 0 bridgehead atoms. The molecule has 1 heterocycles. The van der Waals surface area contributed by atoms with Crippen molar-refractivity contribution in [2.45, 2.75) is 44.0 Å². The van der Waals surface area contributed by atoms with Gasteiger partial charge in [-0.2, -0.15) is 0 Å². The zero-order valence-electron chi connectivity index (χ0n) is 12.0. The molecule has 1 aliphatic rings. The molecular weight excluding hydrogens is 268 g/mol. The maximum Gasteiger partial charge on any atom is 0.0726 e. The van der Waals surface area contributed by atoms with Gasteiger partial charge in [0, 0.05) is 24.2 Å². The number of hydrogen-bond acceptors (Lipinski definition) is 2. The molecule has 1 aromatic heterocycles. The molecule has 106 valence electrons. The van der Waals surface area contributed by atoms with Crippen LogP contribution in [-0.4, -0.2) is 18.1 Å². The summed E-state index contributed by atoms with van der Waals surface area (Å²) in [5, 5.41) is 1.23. The van der Waals surface area contributed by atoms with Crippen LogP contribution >= 0.6 is 11.6 Å². The van der Waals surface area contributed by atoms with Gasteiger partial charge < -0.3 is 4.90 Å². The maximum absolute atomic E-state index is 6.01. The van der Waals surface area contributed by atoms with Crippen LogP contribution in [0.2, 0.25) is 0 Å². The lowest BCUT2D eigenvalue weighted by Gasteiger charge is -2.33. The molecule has 0 atom stereocenters. The summed E-state index contributed by atoms with van der Waals surface area (Å²) >= 11 is 6.01. The smallest absolute Gasteiger partial charge is 0.0726 e. The van der Waals surface area contributed by atoms with Gasteiger partial charge in [0.1, 0.15) is 0 Å². The minimum Gasteiger partial charge on any atom is -0.371 e. The van der Waals surface area contributed by atoms with Crippen LogP contribution in [0.1, 0.15) is 37.8 Å². The van der Waals surface area contributed by atoms with Crippen LogP contribution in [0.25, 0.3) is 10.9 Å². The largest absolute Gasteiger partial charge is 0.371 e. The number of pyridine rings is 1. The first-order valence-electron chi connectivity index (χ1n) is 7.47. The highest BCUT2D eigenvalue weighted by molar-refractivity contribution is 6.17. The van der Waals surface area contributed by atoms with Gasteiger partial charge in [0.05, 0.1) is 17.1 Å². The van der Waals surface area contributed by atoms with Crippen molar-refractivity contribution < 1.29 is 0 Å². The van der Waals surface area contributed by atoms with E-state index >= 15 is 0 Å². The monoisotopic (exact) mass is 288 g/mol. The topological polar surface area (TPSA) is 16.1 Å². The Labute approximate surface area is 125 Å². The fourth-order valence-corrected chi connectivity index (χ4v) is 3.37. The number of aromatic nitrogens is 1. The van der Waals surface area contributed by atoms with Gasteiger partial charge in [-0.15, -0.1) is 11.6 Å². The normalized spacial score (nSPS) is 16.5. The number of fused-ring (bicyclic) bond motifs is 1. The lowest BCUT2D eigenvalue weighted by molar-refractivity contribution is 0.428. The van der Waals surface area contributed by atoms with Crippen LogP contribution in [0.15, 0.2) is 30.3 Å². The van der Waals surface area contributed by atoms with Gasteiger partial charge in [0.15, 0.2) is 0 Å². The summed E-state index contributed by atoms with van der Waals surface area (Å²) in [5.74, 6) is 0.469. The molecule has 0 unspecified atom stereocenters. The Balaban J connectivity index is 2.04. The number of hydrogen-bond donors (Lipinski definition) is 0. The fraction of sp³-hybridized carbons (Fsp3) is 0.471. The molecule has 0 aliphatic heterocycles. The predicted octanol–water partition coefficient (Wildman–Crippen LogP) is 4.74. The number of alkyl halides is 1. The van der Waals surface area contributed by atoms with Gasteiger partial charge in [0.2, 0.25) is 0 Å². The van der Waals surface area contributed by atoms with Crippen LogP contribution in [0.3, 0.4) is 0 Å². The summed E-state index contributed by atoms with van der Waals surface area (Å²) in [6, 6.07) is 11.2. The molecule has 20 heavy (non-hydrogen) atoms. The summed E-state index contributed by atoms with van der Waals surface area (Å²) < 4.78 is 0. The second-order valence-electron chi connectivity index (χ2n) is 5.69. The van der Waals surface area contributed by atoms with Gasteiger partial charge in [-0.25, -0.2) is 0 Å². The Morgan fingerprint density at radius 3 is 2.70 bits per heavy atom. The first-order valence-corrected chi connectivity index (χ1v) is 8.00. The SMILES string of the molecule is CN(c1cc(CCl)nc2ccccc12)C1CCCCC1. The van der Waals surface area contributed by atoms with Crippen LogP contribution in [-0.2, 0) is 5.88 Å². The van der Waals surface area contributed by atoms with Crippen molar-refractivity contribution in [2.75, 3.05) is 11.9 Å². The lowest BCUT2D eigenvalue weighted by atomic mass is 9.94. The fourth-order valence-electron chi connectivity index (χ4n) is 3.24. The average Bonchev–Trinajstić information content (AvgIpc) is 2.54. The van der Waals surface area contributed by atoms with Crippen molar-refractivity contribution >= 4 is 28.2 Å². The maximum atomic E-state index is 6.01. The van der Waals surface area contributed by atoms with E-state index in [-0.39, 0.29) is 0 Å². The second-order valence-corrected chi connectivity index (χ2v) is 5.95. The van der Waals surface area contributed by atoms with E-state index in [0.29, 0.717) is 11.9 Å². The van der Waals surface area contributed by atoms with Gasteiger partial charge in [-0.3, -0.25) is 4.98 Å². The van der Waals surface area contributed by atoms with Gasteiger partial charge >= 0.3 is 0 Å². The summed E-state index contributed by atoms with van der Waals surface area (Å²) in [6.07, 6.45) is 6.67. The zero-order valence-corrected chi connectivity index (χ0v) is 12.7. The van der Waals surface area contributed by atoms with Crippen molar-refractivity contribution in [3.8, 4) is 0 Å². The van der Waals surface area contributed by atoms with E-state index in [1.54, 1.807) is 0 Å². The van der Waals surface area contributed by atoms with Gasteiger partial charge in [-0.1, -0.05) is 37.5 Å². The molecule has 2 aromatic rings. The summed E-state index contributed by atoms with van der Waals surface area (Å²) in [5.41, 5.74) is 3.28. The van der Waals surface area contributed by atoms with Crippen LogP contribution in [0, 0.1) is 0 Å². The second kappa shape index (κ2) is 6.01. The van der Waals surface area contributed by atoms with Gasteiger partial charge in [-0.05, 0) is 25.0 Å². The zero-order chi connectivity index (χ0) is 13.9. The predicted molar refractivity (Wildman–Crippen MR) is 86.6 cm³/mol. The molecule has 3 rings (SSSR count). The van der Waals surface area contributed by atoms with Crippen molar-refractivity contribution in [1.29, 1.82) is 0 Å². The molecule has 0 amide bonds. The average molecular weight is 289 g/mol. The van der Waals surface area contributed by atoms with E-state index in [0.717, 1.165) is 11.2 Å². The third kappa shape index (κ3) is 2.62. The van der Waals surface area contributed by atoms with Crippen LogP contribution in [0.5, 0.6) is 0 Å². The first-order chi connectivity index (χ1) is 9.79. The number of nitrogens with zero attached hydrogens (tertiary/aromatic N) is 2. The van der Waals surface area contributed by atoms with E-state index < -0.39 is 0 Å². The molecule has 1 fully saturated rings. The molecule has 2 nitrogen and oxygen atoms in total. The van der Waals surface area contributed by atoms with Crippen molar-refractivity contribution in [3.05, 3.63) is 36.0 Å². The number of rotatable bonds is 3. The minimum absolute atomic E-state index is 0.469. The van der Waals surface area contributed by atoms with Crippen molar-refractivity contribution in [1.82, 2.24) is 4.98 Å². The Morgan fingerprint density at radius 1 is 1.20 bits per heavy atom. The molecular formula is C17H21ClN2. The lowest BCUT2D eigenvalue weighted by Crippen LogP contribution is -2.33. The summed E-state index contributed by atoms with van der Waals surface area (Å²) in [4.78, 5) is 7.07. The minimum atomic E-state index is 0.469. The van der Waals surface area contributed by atoms with Crippen molar-refractivity contribution in [2.24, 2.45) is 0 Å². The standard InChI is InChI=1S/C17H21ClN2/c1-20(14-7-3-2-4-8-14)17-11-13(12-18)19-16-10-6-5-9-15(16)17/h5-6,9-11,14H,2-4,7-8,12H2,1H3. The highest BCUT2D eigenvalue weighted by atomic mass is 35.5. The Bertz CT molecular complexity index is 591. The quantitative estimate of drug-likeness (QED) is 0.758. The van der Waals surface area contributed by atoms with Crippen molar-refractivity contribution in [3.63, 3.8) is 0 Å². The molecule has 0 radical (unpaired) electrons. The third-order valence-corrected chi connectivity index (χ3v) is 4.66. The van der Waals surface area contributed by atoms with E-state index in [1.165, 1.54) is 43.2 Å². The first kappa shape index (κ1) is 13.7. The molecule has 1 aliphatic carbocycles. The number of halogens is 1. The van der Waals surface area contributed by atoms with Gasteiger partial charge in [0.25, 0.3) is 0 Å². The Hall–Kier alpha value is -1.28. The Morgan fingerprint density at radius 2 is 1.95 bits per heavy atom. The Kier molecular flexibility index (Phi) is 4.11. The van der Waals surface area contributed by atoms with E-state index in [4.69, 9.17) is 11.6 Å². The number of para-hydroxylation sites is 1. The molecule has 1 saturated carbocycles. The van der Waals surface area contributed by atoms with E-state index in [9.17, 15) is 0 Å². The summed E-state index contributed by atoms with van der Waals surface area (Å²) in [7, 11) is 2.22. The molecule has 3 heteroatoms. The highest BCUT2D eigenvalue weighted by Gasteiger charge is 2.20. The number of benzene rings is 1. The molecule has 0 N–H and O–H groups in total. The molecule has 0 spiro atoms. The third-order valence-electron chi connectivity index (χ3n) is 4.39.